The van der Waals surface area contributed by atoms with Crippen LogP contribution in [0.25, 0.3) is 71.7 Å². The standard InChI is InChI=1S/C42H28N2O/c1-4-12-28(13-5-1)35-26-29(20-23-37(35)43-31-14-6-2-7-15-31)30-21-24-38-36(27-30)33-22-25-40-41(34-18-10-11-19-39(34)45-40)42(33)44(38)32-16-8-3-9-17-32/h1-27,43H. The number of rotatable bonds is 5. The van der Waals surface area contributed by atoms with Gasteiger partial charge in [-0.2, -0.15) is 0 Å². The highest BCUT2D eigenvalue weighted by atomic mass is 16.3. The Balaban J connectivity index is 1.28. The summed E-state index contributed by atoms with van der Waals surface area (Å²) in [6, 6.07) is 57.8. The molecule has 0 saturated heterocycles. The van der Waals surface area contributed by atoms with Crippen molar-refractivity contribution < 1.29 is 4.42 Å². The van der Waals surface area contributed by atoms with E-state index >= 15 is 0 Å². The number of benzene rings is 7. The Morgan fingerprint density at radius 1 is 0.467 bits per heavy atom. The number of nitrogens with zero attached hydrogens (tertiary/aromatic N) is 1. The van der Waals surface area contributed by atoms with Gasteiger partial charge in [0, 0.05) is 38.8 Å². The minimum absolute atomic E-state index is 0.901. The van der Waals surface area contributed by atoms with E-state index in [0.29, 0.717) is 0 Å². The summed E-state index contributed by atoms with van der Waals surface area (Å²) in [6.45, 7) is 0. The number of hydrogen-bond donors (Lipinski definition) is 1. The molecule has 0 unspecified atom stereocenters. The van der Waals surface area contributed by atoms with E-state index in [4.69, 9.17) is 4.42 Å². The molecule has 1 N–H and O–H groups in total. The Labute approximate surface area is 260 Å². The average Bonchev–Trinajstić information content (AvgIpc) is 3.65. The zero-order valence-electron chi connectivity index (χ0n) is 24.4. The lowest BCUT2D eigenvalue weighted by Gasteiger charge is -2.15. The van der Waals surface area contributed by atoms with Gasteiger partial charge in [0.05, 0.1) is 16.4 Å². The Morgan fingerprint density at radius 3 is 1.98 bits per heavy atom. The lowest BCUT2D eigenvalue weighted by atomic mass is 9.96. The van der Waals surface area contributed by atoms with Crippen LogP contribution in [0.4, 0.5) is 11.4 Å². The van der Waals surface area contributed by atoms with Crippen LogP contribution < -0.4 is 5.32 Å². The van der Waals surface area contributed by atoms with Crippen molar-refractivity contribution >= 4 is 55.1 Å². The first kappa shape index (κ1) is 25.4. The van der Waals surface area contributed by atoms with E-state index in [1.807, 2.05) is 12.1 Å². The van der Waals surface area contributed by atoms with Gasteiger partial charge in [0.2, 0.25) is 0 Å². The smallest absolute Gasteiger partial charge is 0.137 e. The molecule has 0 aliphatic heterocycles. The maximum Gasteiger partial charge on any atom is 0.137 e. The van der Waals surface area contributed by atoms with E-state index in [2.05, 4.69) is 162 Å². The van der Waals surface area contributed by atoms with Crippen LogP contribution in [-0.2, 0) is 0 Å². The number of hydrogen-bond acceptors (Lipinski definition) is 2. The normalized spacial score (nSPS) is 11.6. The van der Waals surface area contributed by atoms with Crippen LogP contribution in [0.5, 0.6) is 0 Å². The highest BCUT2D eigenvalue weighted by Crippen LogP contribution is 2.42. The van der Waals surface area contributed by atoms with Gasteiger partial charge in [-0.25, -0.2) is 0 Å². The lowest BCUT2D eigenvalue weighted by Crippen LogP contribution is -1.94. The highest BCUT2D eigenvalue weighted by Gasteiger charge is 2.19. The summed E-state index contributed by atoms with van der Waals surface area (Å²) >= 11 is 0. The summed E-state index contributed by atoms with van der Waals surface area (Å²) in [5.41, 5.74) is 12.1. The van der Waals surface area contributed by atoms with Gasteiger partial charge in [-0.3, -0.25) is 0 Å². The third-order valence-corrected chi connectivity index (χ3v) is 8.77. The molecule has 0 aliphatic carbocycles. The van der Waals surface area contributed by atoms with E-state index in [0.717, 1.165) is 44.6 Å². The van der Waals surface area contributed by atoms with Crippen LogP contribution in [0.1, 0.15) is 0 Å². The van der Waals surface area contributed by atoms with Gasteiger partial charge in [0.15, 0.2) is 0 Å². The van der Waals surface area contributed by atoms with Crippen LogP contribution in [0.3, 0.4) is 0 Å². The topological polar surface area (TPSA) is 30.1 Å². The average molecular weight is 577 g/mol. The van der Waals surface area contributed by atoms with Crippen molar-refractivity contribution in [2.75, 3.05) is 5.32 Å². The number of aromatic nitrogens is 1. The van der Waals surface area contributed by atoms with Gasteiger partial charge >= 0.3 is 0 Å². The van der Waals surface area contributed by atoms with Gasteiger partial charge in [-0.15, -0.1) is 0 Å². The summed E-state index contributed by atoms with van der Waals surface area (Å²) in [4.78, 5) is 0. The minimum atomic E-state index is 0.901. The molecule has 0 amide bonds. The van der Waals surface area contributed by atoms with Crippen LogP contribution in [0.15, 0.2) is 168 Å². The second-order valence-corrected chi connectivity index (χ2v) is 11.5. The molecule has 2 aromatic heterocycles. The molecule has 0 saturated carbocycles. The molecular weight excluding hydrogens is 548 g/mol. The van der Waals surface area contributed by atoms with Crippen LogP contribution in [0.2, 0.25) is 0 Å². The lowest BCUT2D eigenvalue weighted by molar-refractivity contribution is 0.669. The second kappa shape index (κ2) is 10.3. The predicted molar refractivity (Wildman–Crippen MR) is 189 cm³/mol. The van der Waals surface area contributed by atoms with Crippen LogP contribution >= 0.6 is 0 Å². The summed E-state index contributed by atoms with van der Waals surface area (Å²) in [6.07, 6.45) is 0. The zero-order chi connectivity index (χ0) is 29.7. The second-order valence-electron chi connectivity index (χ2n) is 11.5. The van der Waals surface area contributed by atoms with Crippen LogP contribution in [-0.4, -0.2) is 4.57 Å². The fourth-order valence-electron chi connectivity index (χ4n) is 6.71. The minimum Gasteiger partial charge on any atom is -0.456 e. The number of furan rings is 1. The number of para-hydroxylation sites is 3. The summed E-state index contributed by atoms with van der Waals surface area (Å²) in [5, 5.41) is 8.34. The fourth-order valence-corrected chi connectivity index (χ4v) is 6.71. The Morgan fingerprint density at radius 2 is 1.16 bits per heavy atom. The summed E-state index contributed by atoms with van der Waals surface area (Å²) in [5.74, 6) is 0. The Kier molecular flexibility index (Phi) is 5.82. The molecule has 45 heavy (non-hydrogen) atoms. The Bertz CT molecular complexity index is 2490. The van der Waals surface area contributed by atoms with Gasteiger partial charge in [-0.05, 0) is 83.4 Å². The molecule has 7 aromatic carbocycles. The first-order valence-electron chi connectivity index (χ1n) is 15.3. The maximum absolute atomic E-state index is 6.33. The molecular formula is C42H28N2O. The molecule has 0 fully saturated rings. The van der Waals surface area contributed by atoms with Crippen molar-refractivity contribution in [3.05, 3.63) is 164 Å². The quantitative estimate of drug-likeness (QED) is 0.221. The maximum atomic E-state index is 6.33. The Hall–Kier alpha value is -6.06. The van der Waals surface area contributed by atoms with Crippen molar-refractivity contribution in [1.82, 2.24) is 4.57 Å². The molecule has 3 heteroatoms. The molecule has 0 atom stereocenters. The first-order valence-corrected chi connectivity index (χ1v) is 15.3. The molecule has 9 aromatic rings. The SMILES string of the molecule is c1ccc(Nc2ccc(-c3ccc4c(c3)c3ccc5oc6ccccc6c5c3n4-c3ccccc3)cc2-c2ccccc2)cc1. The third kappa shape index (κ3) is 4.21. The molecule has 0 bridgehead atoms. The van der Waals surface area contributed by atoms with Gasteiger partial charge in [0.25, 0.3) is 0 Å². The van der Waals surface area contributed by atoms with E-state index in [1.54, 1.807) is 0 Å². The van der Waals surface area contributed by atoms with Gasteiger partial charge < -0.3 is 14.3 Å². The molecule has 0 aliphatic rings. The predicted octanol–water partition coefficient (Wildman–Crippen LogP) is 11.8. The molecule has 212 valence electrons. The van der Waals surface area contributed by atoms with E-state index in [9.17, 15) is 0 Å². The van der Waals surface area contributed by atoms with Gasteiger partial charge in [-0.1, -0.05) is 97.1 Å². The first-order chi connectivity index (χ1) is 22.3. The monoisotopic (exact) mass is 576 g/mol. The third-order valence-electron chi connectivity index (χ3n) is 8.77. The van der Waals surface area contributed by atoms with Crippen molar-refractivity contribution in [2.24, 2.45) is 0 Å². The van der Waals surface area contributed by atoms with Crippen molar-refractivity contribution in [2.45, 2.75) is 0 Å². The van der Waals surface area contributed by atoms with E-state index < -0.39 is 0 Å². The van der Waals surface area contributed by atoms with Crippen molar-refractivity contribution in [3.8, 4) is 27.9 Å². The molecule has 0 radical (unpaired) electrons. The molecule has 3 nitrogen and oxygen atoms in total. The summed E-state index contributed by atoms with van der Waals surface area (Å²) in [7, 11) is 0. The summed E-state index contributed by atoms with van der Waals surface area (Å²) < 4.78 is 8.72. The molecule has 2 heterocycles. The number of nitrogens with one attached hydrogen (secondary N) is 1. The zero-order valence-corrected chi connectivity index (χ0v) is 24.4. The highest BCUT2D eigenvalue weighted by molar-refractivity contribution is 6.24. The number of anilines is 2. The van der Waals surface area contributed by atoms with E-state index in [-0.39, 0.29) is 0 Å². The van der Waals surface area contributed by atoms with Gasteiger partial charge in [0.1, 0.15) is 11.2 Å². The van der Waals surface area contributed by atoms with Crippen LogP contribution in [0, 0.1) is 0 Å². The van der Waals surface area contributed by atoms with E-state index in [1.165, 1.54) is 38.5 Å². The number of fused-ring (bicyclic) bond motifs is 7. The molecule has 0 spiro atoms. The van der Waals surface area contributed by atoms with Crippen molar-refractivity contribution in [3.63, 3.8) is 0 Å². The molecule has 9 rings (SSSR count). The largest absolute Gasteiger partial charge is 0.456 e. The van der Waals surface area contributed by atoms with Crippen molar-refractivity contribution in [1.29, 1.82) is 0 Å². The fraction of sp³-hybridized carbons (Fsp3) is 0.